The van der Waals surface area contributed by atoms with Gasteiger partial charge in [-0.05, 0) is 54.8 Å². The maximum absolute atomic E-state index is 13.7. The van der Waals surface area contributed by atoms with E-state index in [1.54, 1.807) is 12.1 Å². The fourth-order valence-electron chi connectivity index (χ4n) is 5.67. The van der Waals surface area contributed by atoms with E-state index in [0.29, 0.717) is 11.9 Å². The van der Waals surface area contributed by atoms with Gasteiger partial charge < -0.3 is 25.8 Å². The summed E-state index contributed by atoms with van der Waals surface area (Å²) in [4.78, 5) is 12.0. The molecule has 4 aliphatic rings. The molecule has 1 aromatic carbocycles. The second kappa shape index (κ2) is 10.5. The number of pyridine rings is 1. The zero-order chi connectivity index (χ0) is 25.2. The molecule has 37 heavy (non-hydrogen) atoms. The van der Waals surface area contributed by atoms with Crippen molar-refractivity contribution in [3.63, 3.8) is 0 Å². The Balaban J connectivity index is 1.04. The topological polar surface area (TPSA) is 82.5 Å². The van der Waals surface area contributed by atoms with Crippen molar-refractivity contribution in [3.8, 4) is 0 Å². The zero-order valence-electron chi connectivity index (χ0n) is 21.0. The second-order valence-electron chi connectivity index (χ2n) is 10.2. The van der Waals surface area contributed by atoms with Gasteiger partial charge in [-0.1, -0.05) is 18.2 Å². The molecule has 0 saturated carbocycles. The highest BCUT2D eigenvalue weighted by molar-refractivity contribution is 5.91. The van der Waals surface area contributed by atoms with Crippen LogP contribution in [0.1, 0.15) is 30.1 Å². The number of hydrogen-bond donors (Lipinski definition) is 4. The molecular formula is C28H35FN8. The standard InChI is InChI=1S/C28H35FN8/c29-21-5-1-4-20(16-21)25-7-3-11-37(25)26(30)9-10-27-32-19-24(33-27)23-6-2-8-28(34-23)36-14-12-35(13-15-36)22-17-31-18-22/h1-2,4-6,8-10,16,19,22,25,27,30-33H,3,7,11-15,17-18H2/b10-9-,30-26?/t25-,27?/m1/s1. The molecule has 0 radical (unpaired) electrons. The van der Waals surface area contributed by atoms with Crippen molar-refractivity contribution in [1.82, 2.24) is 30.7 Å². The normalized spacial score (nSPS) is 24.6. The monoisotopic (exact) mass is 502 g/mol. The van der Waals surface area contributed by atoms with Crippen LogP contribution in [0, 0.1) is 11.2 Å². The van der Waals surface area contributed by atoms with Gasteiger partial charge in [-0.15, -0.1) is 0 Å². The molecule has 3 saturated heterocycles. The summed E-state index contributed by atoms with van der Waals surface area (Å²) in [6, 6.07) is 13.7. The molecule has 9 heteroatoms. The molecule has 2 aromatic rings. The third-order valence-corrected chi connectivity index (χ3v) is 7.89. The van der Waals surface area contributed by atoms with Crippen LogP contribution in [0.2, 0.25) is 0 Å². The largest absolute Gasteiger partial charge is 0.366 e. The number of halogens is 1. The van der Waals surface area contributed by atoms with Gasteiger partial charge in [0.2, 0.25) is 0 Å². The Bertz CT molecular complexity index is 1180. The first-order chi connectivity index (χ1) is 18.1. The summed E-state index contributed by atoms with van der Waals surface area (Å²) in [7, 11) is 0. The van der Waals surface area contributed by atoms with Crippen LogP contribution in [0.15, 0.2) is 60.8 Å². The Morgan fingerprint density at radius 2 is 1.89 bits per heavy atom. The molecule has 0 aliphatic carbocycles. The molecule has 0 spiro atoms. The van der Waals surface area contributed by atoms with Crippen molar-refractivity contribution < 1.29 is 4.39 Å². The Morgan fingerprint density at radius 1 is 1.05 bits per heavy atom. The van der Waals surface area contributed by atoms with Crippen LogP contribution in [-0.4, -0.2) is 78.6 Å². The van der Waals surface area contributed by atoms with Crippen LogP contribution < -0.4 is 20.9 Å². The molecule has 3 fully saturated rings. The predicted molar refractivity (Wildman–Crippen MR) is 145 cm³/mol. The molecule has 0 amide bonds. The van der Waals surface area contributed by atoms with Crippen LogP contribution in [0.5, 0.6) is 0 Å². The summed E-state index contributed by atoms with van der Waals surface area (Å²) in [6.07, 6.45) is 7.57. The lowest BCUT2D eigenvalue weighted by Gasteiger charge is -2.43. The molecule has 194 valence electrons. The first-order valence-corrected chi connectivity index (χ1v) is 13.3. The first kappa shape index (κ1) is 23.9. The summed E-state index contributed by atoms with van der Waals surface area (Å²) in [5, 5.41) is 18.8. The third kappa shape index (κ3) is 5.19. The summed E-state index contributed by atoms with van der Waals surface area (Å²) < 4.78 is 13.7. The number of benzene rings is 1. The van der Waals surface area contributed by atoms with Crippen molar-refractivity contribution in [1.29, 1.82) is 5.41 Å². The van der Waals surface area contributed by atoms with E-state index in [9.17, 15) is 4.39 Å². The summed E-state index contributed by atoms with van der Waals surface area (Å²) >= 11 is 0. The van der Waals surface area contributed by atoms with Gasteiger partial charge >= 0.3 is 0 Å². The number of piperazine rings is 1. The van der Waals surface area contributed by atoms with E-state index >= 15 is 0 Å². The summed E-state index contributed by atoms with van der Waals surface area (Å²) in [5.74, 6) is 1.24. The number of nitrogens with one attached hydrogen (secondary N) is 4. The van der Waals surface area contributed by atoms with Gasteiger partial charge in [-0.25, -0.2) is 9.37 Å². The Kier molecular flexibility index (Phi) is 6.80. The van der Waals surface area contributed by atoms with E-state index in [4.69, 9.17) is 10.4 Å². The summed E-state index contributed by atoms with van der Waals surface area (Å²) in [6.45, 7) is 7.19. The van der Waals surface area contributed by atoms with Gasteiger partial charge in [-0.3, -0.25) is 10.3 Å². The number of rotatable bonds is 6. The number of nitrogens with zero attached hydrogens (tertiary/aromatic N) is 4. The number of likely N-dealkylation sites (tertiary alicyclic amines) is 1. The average Bonchev–Trinajstić information content (AvgIpc) is 3.57. The Labute approximate surface area is 217 Å². The molecule has 1 aromatic heterocycles. The SMILES string of the molecule is N=C(/C=C\C1NC=C(c2cccc(N3CCN(C4CNC4)CC3)n2)N1)N1CCC[C@@H]1c1cccc(F)c1. The van der Waals surface area contributed by atoms with Crippen LogP contribution >= 0.6 is 0 Å². The van der Waals surface area contributed by atoms with Crippen LogP contribution in [0.4, 0.5) is 10.2 Å². The van der Waals surface area contributed by atoms with Gasteiger partial charge in [0.1, 0.15) is 23.6 Å². The molecule has 2 atom stereocenters. The lowest BCUT2D eigenvalue weighted by Crippen LogP contribution is -2.61. The van der Waals surface area contributed by atoms with Crippen molar-refractivity contribution >= 4 is 17.4 Å². The highest BCUT2D eigenvalue weighted by atomic mass is 19.1. The minimum absolute atomic E-state index is 0.0465. The Morgan fingerprint density at radius 3 is 2.68 bits per heavy atom. The number of aromatic nitrogens is 1. The summed E-state index contributed by atoms with van der Waals surface area (Å²) in [5.41, 5.74) is 2.79. The van der Waals surface area contributed by atoms with E-state index in [0.717, 1.165) is 81.4 Å². The van der Waals surface area contributed by atoms with Gasteiger partial charge in [0.25, 0.3) is 0 Å². The maximum atomic E-state index is 13.7. The van der Waals surface area contributed by atoms with Gasteiger partial charge in [0.15, 0.2) is 0 Å². The van der Waals surface area contributed by atoms with E-state index in [1.165, 1.54) is 6.07 Å². The van der Waals surface area contributed by atoms with Gasteiger partial charge in [0.05, 0.1) is 17.4 Å². The van der Waals surface area contributed by atoms with Crippen molar-refractivity contribution in [2.24, 2.45) is 0 Å². The quantitative estimate of drug-likeness (QED) is 0.357. The molecular weight excluding hydrogens is 467 g/mol. The predicted octanol–water partition coefficient (Wildman–Crippen LogP) is 2.50. The third-order valence-electron chi connectivity index (χ3n) is 7.89. The minimum atomic E-state index is -0.226. The zero-order valence-corrected chi connectivity index (χ0v) is 21.0. The van der Waals surface area contributed by atoms with E-state index in [1.807, 2.05) is 30.5 Å². The first-order valence-electron chi connectivity index (χ1n) is 13.3. The number of hydrogen-bond acceptors (Lipinski definition) is 7. The smallest absolute Gasteiger partial charge is 0.129 e. The molecule has 6 rings (SSSR count). The fourth-order valence-corrected chi connectivity index (χ4v) is 5.67. The van der Waals surface area contributed by atoms with Crippen LogP contribution in [0.3, 0.4) is 0 Å². The average molecular weight is 503 g/mol. The Hall–Kier alpha value is -3.43. The van der Waals surface area contributed by atoms with Crippen molar-refractivity contribution in [2.45, 2.75) is 31.1 Å². The lowest BCUT2D eigenvalue weighted by molar-refractivity contribution is 0.137. The molecule has 4 aliphatic heterocycles. The van der Waals surface area contributed by atoms with Crippen molar-refractivity contribution in [3.05, 3.63) is 77.9 Å². The molecule has 0 bridgehead atoms. The van der Waals surface area contributed by atoms with Crippen LogP contribution in [-0.2, 0) is 0 Å². The molecule has 5 heterocycles. The van der Waals surface area contributed by atoms with Crippen LogP contribution in [0.25, 0.3) is 5.70 Å². The van der Waals surface area contributed by atoms with E-state index in [-0.39, 0.29) is 18.0 Å². The maximum Gasteiger partial charge on any atom is 0.129 e. The van der Waals surface area contributed by atoms with Crippen molar-refractivity contribution in [2.75, 3.05) is 50.7 Å². The molecule has 1 unspecified atom stereocenters. The second-order valence-corrected chi connectivity index (χ2v) is 10.2. The van der Waals surface area contributed by atoms with Gasteiger partial charge in [-0.2, -0.15) is 0 Å². The van der Waals surface area contributed by atoms with E-state index < -0.39 is 0 Å². The number of amidine groups is 1. The highest BCUT2D eigenvalue weighted by Gasteiger charge is 2.29. The van der Waals surface area contributed by atoms with Gasteiger partial charge in [0, 0.05) is 58.1 Å². The minimum Gasteiger partial charge on any atom is -0.366 e. The number of anilines is 1. The lowest BCUT2D eigenvalue weighted by atomic mass is 10.0. The highest BCUT2D eigenvalue weighted by Crippen LogP contribution is 2.32. The fraction of sp³-hybridized carbons (Fsp3) is 0.429. The van der Waals surface area contributed by atoms with E-state index in [2.05, 4.69) is 42.8 Å². The molecule has 8 nitrogen and oxygen atoms in total. The molecule has 4 N–H and O–H groups in total.